The monoisotopic (exact) mass is 300 g/mol. The van der Waals surface area contributed by atoms with Crippen molar-refractivity contribution in [3.63, 3.8) is 0 Å². The molecule has 1 aliphatic carbocycles. The van der Waals surface area contributed by atoms with Crippen LogP contribution < -0.4 is 5.32 Å². The second kappa shape index (κ2) is 6.71. The number of nitrogens with one attached hydrogen (secondary N) is 1. The Morgan fingerprint density at radius 1 is 1.29 bits per heavy atom. The van der Waals surface area contributed by atoms with Crippen LogP contribution in [0.25, 0.3) is 0 Å². The average molecular weight is 300 g/mol. The molecule has 0 unspecified atom stereocenters. The fourth-order valence-corrected chi connectivity index (χ4v) is 3.79. The molecular weight excluding hydrogens is 276 g/mol. The molecule has 0 spiro atoms. The molecule has 1 saturated carbocycles. The highest BCUT2D eigenvalue weighted by Gasteiger charge is 2.29. The van der Waals surface area contributed by atoms with Crippen LogP contribution in [0.15, 0.2) is 24.3 Å². The van der Waals surface area contributed by atoms with Gasteiger partial charge in [-0.3, -0.25) is 0 Å². The molecule has 21 heavy (non-hydrogen) atoms. The molecule has 1 N–H and O–H groups in total. The van der Waals surface area contributed by atoms with Crippen LogP contribution in [0, 0.1) is 6.92 Å². The molecule has 2 nitrogen and oxygen atoms in total. The van der Waals surface area contributed by atoms with E-state index in [1.54, 1.807) is 0 Å². The number of benzene rings is 1. The lowest BCUT2D eigenvalue weighted by Crippen LogP contribution is -2.13. The molecule has 0 saturated heterocycles. The van der Waals surface area contributed by atoms with Crippen LogP contribution in [0.4, 0.5) is 0 Å². The summed E-state index contributed by atoms with van der Waals surface area (Å²) in [4.78, 5) is 6.43. The Balaban J connectivity index is 1.76. The maximum Gasteiger partial charge on any atom is 0.0975 e. The normalized spacial score (nSPS) is 14.6. The van der Waals surface area contributed by atoms with Crippen molar-refractivity contribution in [3.05, 3.63) is 51.0 Å². The third-order valence-electron chi connectivity index (χ3n) is 4.05. The van der Waals surface area contributed by atoms with E-state index in [0.717, 1.165) is 25.4 Å². The number of aryl methyl sites for hydroxylation is 1. The Morgan fingerprint density at radius 3 is 2.81 bits per heavy atom. The van der Waals surface area contributed by atoms with Gasteiger partial charge in [0.2, 0.25) is 0 Å². The molecule has 3 rings (SSSR count). The summed E-state index contributed by atoms with van der Waals surface area (Å²) in [5.74, 6) is 0.741. The molecule has 0 amide bonds. The first-order valence-electron chi connectivity index (χ1n) is 8.01. The Hall–Kier alpha value is -1.19. The molecular formula is C18H24N2S. The summed E-state index contributed by atoms with van der Waals surface area (Å²) in [6.07, 6.45) is 4.82. The average Bonchev–Trinajstić information content (AvgIpc) is 3.25. The molecule has 112 valence electrons. The summed E-state index contributed by atoms with van der Waals surface area (Å²) in [5, 5.41) is 4.81. The standard InChI is InChI=1S/C18H24N2S/c1-3-10-19-12-16-18(14-8-9-14)20-17(21-16)11-15-7-5-4-6-13(15)2/h4-7,14,19H,3,8-12H2,1-2H3. The minimum Gasteiger partial charge on any atom is -0.312 e. The predicted molar refractivity (Wildman–Crippen MR) is 90.1 cm³/mol. The number of thiazole rings is 1. The van der Waals surface area contributed by atoms with E-state index in [1.165, 1.54) is 46.0 Å². The summed E-state index contributed by atoms with van der Waals surface area (Å²) in [6.45, 7) is 6.49. The van der Waals surface area contributed by atoms with Gasteiger partial charge in [-0.2, -0.15) is 0 Å². The van der Waals surface area contributed by atoms with Crippen LogP contribution in [-0.4, -0.2) is 11.5 Å². The van der Waals surface area contributed by atoms with Gasteiger partial charge in [-0.05, 0) is 43.9 Å². The van der Waals surface area contributed by atoms with E-state index in [9.17, 15) is 0 Å². The first-order chi connectivity index (χ1) is 10.3. The van der Waals surface area contributed by atoms with Crippen molar-refractivity contribution in [1.29, 1.82) is 0 Å². The Labute approximate surface area is 131 Å². The lowest BCUT2D eigenvalue weighted by atomic mass is 10.1. The summed E-state index contributed by atoms with van der Waals surface area (Å²) in [6, 6.07) is 8.65. The number of nitrogens with zero attached hydrogens (tertiary/aromatic N) is 1. The van der Waals surface area contributed by atoms with Crippen molar-refractivity contribution in [2.75, 3.05) is 6.54 Å². The van der Waals surface area contributed by atoms with Gasteiger partial charge in [0.05, 0.1) is 10.7 Å². The van der Waals surface area contributed by atoms with Crippen molar-refractivity contribution in [2.45, 2.75) is 52.0 Å². The van der Waals surface area contributed by atoms with Gasteiger partial charge >= 0.3 is 0 Å². The third-order valence-corrected chi connectivity index (χ3v) is 5.12. The van der Waals surface area contributed by atoms with Crippen molar-refractivity contribution >= 4 is 11.3 Å². The van der Waals surface area contributed by atoms with Crippen LogP contribution in [0.3, 0.4) is 0 Å². The molecule has 2 aromatic rings. The number of hydrogen-bond acceptors (Lipinski definition) is 3. The van der Waals surface area contributed by atoms with E-state index in [4.69, 9.17) is 4.98 Å². The minimum absolute atomic E-state index is 0.741. The number of rotatable bonds is 7. The van der Waals surface area contributed by atoms with Gasteiger partial charge < -0.3 is 5.32 Å². The van der Waals surface area contributed by atoms with Gasteiger partial charge in [0.15, 0.2) is 0 Å². The van der Waals surface area contributed by atoms with E-state index in [2.05, 4.69) is 43.4 Å². The zero-order chi connectivity index (χ0) is 14.7. The second-order valence-electron chi connectivity index (χ2n) is 5.97. The molecule has 0 aliphatic heterocycles. The van der Waals surface area contributed by atoms with Gasteiger partial charge in [0.25, 0.3) is 0 Å². The topological polar surface area (TPSA) is 24.9 Å². The highest BCUT2D eigenvalue weighted by atomic mass is 32.1. The molecule has 0 bridgehead atoms. The van der Waals surface area contributed by atoms with Crippen LogP contribution in [0.1, 0.15) is 58.8 Å². The van der Waals surface area contributed by atoms with E-state index in [1.807, 2.05) is 11.3 Å². The van der Waals surface area contributed by atoms with Gasteiger partial charge in [-0.25, -0.2) is 4.98 Å². The summed E-state index contributed by atoms with van der Waals surface area (Å²) < 4.78 is 0. The lowest BCUT2D eigenvalue weighted by Gasteiger charge is -2.02. The molecule has 1 fully saturated rings. The quantitative estimate of drug-likeness (QED) is 0.766. The zero-order valence-electron chi connectivity index (χ0n) is 13.0. The lowest BCUT2D eigenvalue weighted by molar-refractivity contribution is 0.676. The Kier molecular flexibility index (Phi) is 4.71. The molecule has 1 aliphatic rings. The van der Waals surface area contributed by atoms with E-state index < -0.39 is 0 Å². The first-order valence-corrected chi connectivity index (χ1v) is 8.83. The van der Waals surface area contributed by atoms with Gasteiger partial charge in [-0.1, -0.05) is 31.2 Å². The summed E-state index contributed by atoms with van der Waals surface area (Å²) in [5.41, 5.74) is 4.15. The molecule has 1 aromatic carbocycles. The highest BCUT2D eigenvalue weighted by molar-refractivity contribution is 7.11. The van der Waals surface area contributed by atoms with Crippen molar-refractivity contribution in [1.82, 2.24) is 10.3 Å². The van der Waals surface area contributed by atoms with E-state index >= 15 is 0 Å². The fraction of sp³-hybridized carbons (Fsp3) is 0.500. The third kappa shape index (κ3) is 3.72. The fourth-order valence-electron chi connectivity index (χ4n) is 2.64. The summed E-state index contributed by atoms with van der Waals surface area (Å²) >= 11 is 1.91. The molecule has 1 aromatic heterocycles. The van der Waals surface area contributed by atoms with Gasteiger partial charge in [0, 0.05) is 23.8 Å². The molecule has 0 radical (unpaired) electrons. The first kappa shape index (κ1) is 14.7. The zero-order valence-corrected chi connectivity index (χ0v) is 13.8. The van der Waals surface area contributed by atoms with Crippen LogP contribution in [0.2, 0.25) is 0 Å². The minimum atomic E-state index is 0.741. The Morgan fingerprint density at radius 2 is 2.10 bits per heavy atom. The summed E-state index contributed by atoms with van der Waals surface area (Å²) in [7, 11) is 0. The molecule has 0 atom stereocenters. The van der Waals surface area contributed by atoms with Crippen LogP contribution in [0.5, 0.6) is 0 Å². The largest absolute Gasteiger partial charge is 0.312 e. The van der Waals surface area contributed by atoms with E-state index in [0.29, 0.717) is 0 Å². The number of hydrogen-bond donors (Lipinski definition) is 1. The SMILES string of the molecule is CCCNCc1sc(Cc2ccccc2C)nc1C1CC1. The Bertz CT molecular complexity index is 599. The highest BCUT2D eigenvalue weighted by Crippen LogP contribution is 2.42. The van der Waals surface area contributed by atoms with Crippen LogP contribution in [-0.2, 0) is 13.0 Å². The van der Waals surface area contributed by atoms with Gasteiger partial charge in [0.1, 0.15) is 0 Å². The maximum atomic E-state index is 4.97. The van der Waals surface area contributed by atoms with Crippen molar-refractivity contribution in [2.24, 2.45) is 0 Å². The van der Waals surface area contributed by atoms with E-state index in [-0.39, 0.29) is 0 Å². The second-order valence-corrected chi connectivity index (χ2v) is 7.14. The molecule has 3 heteroatoms. The van der Waals surface area contributed by atoms with Crippen molar-refractivity contribution < 1.29 is 0 Å². The number of aromatic nitrogens is 1. The maximum absolute atomic E-state index is 4.97. The predicted octanol–water partition coefficient (Wildman–Crippen LogP) is 4.42. The van der Waals surface area contributed by atoms with Crippen molar-refractivity contribution in [3.8, 4) is 0 Å². The van der Waals surface area contributed by atoms with Gasteiger partial charge in [-0.15, -0.1) is 11.3 Å². The molecule has 1 heterocycles. The van der Waals surface area contributed by atoms with Crippen LogP contribution >= 0.6 is 11.3 Å². The smallest absolute Gasteiger partial charge is 0.0975 e.